The van der Waals surface area contributed by atoms with E-state index in [4.69, 9.17) is 0 Å². The Morgan fingerprint density at radius 2 is 1.79 bits per heavy atom. The van der Waals surface area contributed by atoms with Crippen LogP contribution in [0.1, 0.15) is 16.7 Å². The number of para-hydroxylation sites is 1. The number of carbonyl (C=O) groups excluding carboxylic acids is 3. The number of nitrogens with one attached hydrogen (secondary N) is 1. The number of aryl methyl sites for hydroxylation is 2. The van der Waals surface area contributed by atoms with Gasteiger partial charge in [-0.25, -0.2) is 4.39 Å². The lowest BCUT2D eigenvalue weighted by molar-refractivity contribution is -0.124. The van der Waals surface area contributed by atoms with Crippen LogP contribution < -0.4 is 15.1 Å². The van der Waals surface area contributed by atoms with Gasteiger partial charge in [0, 0.05) is 16.9 Å². The van der Waals surface area contributed by atoms with Gasteiger partial charge in [0.15, 0.2) is 0 Å². The van der Waals surface area contributed by atoms with Gasteiger partial charge in [0.05, 0.1) is 11.4 Å². The van der Waals surface area contributed by atoms with Gasteiger partial charge in [-0.2, -0.15) is 0 Å². The highest BCUT2D eigenvalue weighted by molar-refractivity contribution is 8.02. The van der Waals surface area contributed by atoms with Gasteiger partial charge in [-0.1, -0.05) is 35.9 Å². The Morgan fingerprint density at radius 1 is 1.06 bits per heavy atom. The van der Waals surface area contributed by atoms with Crippen LogP contribution in [-0.2, 0) is 19.3 Å². The number of fused-ring (bicyclic) bond motifs is 2. The third-order valence-corrected chi connectivity index (χ3v) is 7.49. The molecule has 6 nitrogen and oxygen atoms in total. The van der Waals surface area contributed by atoms with Crippen LogP contribution in [-0.4, -0.2) is 30.0 Å². The minimum absolute atomic E-state index is 0.0973. The second kappa shape index (κ2) is 8.29. The number of carbonyl (C=O) groups is 3. The van der Waals surface area contributed by atoms with E-state index >= 15 is 0 Å². The zero-order chi connectivity index (χ0) is 24.0. The Hall–Kier alpha value is -3.65. The van der Waals surface area contributed by atoms with Gasteiger partial charge < -0.3 is 5.32 Å². The van der Waals surface area contributed by atoms with E-state index < -0.39 is 10.7 Å². The van der Waals surface area contributed by atoms with E-state index in [2.05, 4.69) is 5.32 Å². The van der Waals surface area contributed by atoms with Crippen LogP contribution in [0.15, 0.2) is 66.7 Å². The molecule has 3 amide bonds. The normalized spacial score (nSPS) is 19.1. The molecule has 3 aromatic carbocycles. The quantitative estimate of drug-likeness (QED) is 0.609. The summed E-state index contributed by atoms with van der Waals surface area (Å²) in [5, 5.41) is 2.89. The van der Waals surface area contributed by atoms with E-state index in [9.17, 15) is 18.8 Å². The van der Waals surface area contributed by atoms with E-state index in [1.807, 2.05) is 32.0 Å². The van der Waals surface area contributed by atoms with Crippen LogP contribution in [0.3, 0.4) is 0 Å². The van der Waals surface area contributed by atoms with E-state index in [0.29, 0.717) is 22.6 Å². The fourth-order valence-electron chi connectivity index (χ4n) is 4.59. The van der Waals surface area contributed by atoms with Crippen molar-refractivity contribution in [3.8, 4) is 0 Å². The van der Waals surface area contributed by atoms with Crippen molar-refractivity contribution in [2.75, 3.05) is 27.4 Å². The molecule has 1 fully saturated rings. The zero-order valence-corrected chi connectivity index (χ0v) is 19.5. The molecule has 34 heavy (non-hydrogen) atoms. The number of amides is 3. The van der Waals surface area contributed by atoms with Crippen LogP contribution in [0, 0.1) is 19.7 Å². The summed E-state index contributed by atoms with van der Waals surface area (Å²) in [6, 6.07) is 18.4. The van der Waals surface area contributed by atoms with Gasteiger partial charge in [-0.15, -0.1) is 11.8 Å². The zero-order valence-electron chi connectivity index (χ0n) is 18.7. The Morgan fingerprint density at radius 3 is 2.53 bits per heavy atom. The Bertz CT molecular complexity index is 1330. The van der Waals surface area contributed by atoms with Gasteiger partial charge in [-0.05, 0) is 55.8 Å². The van der Waals surface area contributed by atoms with Crippen molar-refractivity contribution in [2.45, 2.75) is 18.7 Å². The standard InChI is InChI=1S/C26H22FN3O3S/c1-16-7-12-21(17(2)13-16)28-23(31)14-29-22-6-4-3-5-20(22)26(25(29)33)30(24(32)15-34-26)19-10-8-18(27)9-11-19/h3-13H,14-15H2,1-2H3,(H,28,31)/t26-/m1/s1. The second-order valence-electron chi connectivity index (χ2n) is 8.41. The Balaban J connectivity index is 1.50. The predicted octanol–water partition coefficient (Wildman–Crippen LogP) is 4.36. The molecule has 1 spiro atoms. The number of nitrogens with zero attached hydrogens (tertiary/aromatic N) is 2. The first-order chi connectivity index (χ1) is 16.3. The minimum Gasteiger partial charge on any atom is -0.324 e. The second-order valence-corrected chi connectivity index (χ2v) is 9.58. The van der Waals surface area contributed by atoms with E-state index in [1.54, 1.807) is 24.3 Å². The molecule has 5 rings (SSSR count). The van der Waals surface area contributed by atoms with Crippen molar-refractivity contribution in [3.05, 3.63) is 89.2 Å². The summed E-state index contributed by atoms with van der Waals surface area (Å²) in [4.78, 5) is 41.4. The Kier molecular flexibility index (Phi) is 5.40. The molecule has 0 bridgehead atoms. The molecular formula is C26H22FN3O3S. The summed E-state index contributed by atoms with van der Waals surface area (Å²) in [6.07, 6.45) is 0. The number of rotatable bonds is 4. The van der Waals surface area contributed by atoms with Gasteiger partial charge in [0.2, 0.25) is 16.7 Å². The molecule has 2 aliphatic heterocycles. The van der Waals surface area contributed by atoms with Crippen molar-refractivity contribution in [1.82, 2.24) is 0 Å². The van der Waals surface area contributed by atoms with Crippen molar-refractivity contribution >= 4 is 46.5 Å². The molecule has 0 aromatic heterocycles. The molecule has 0 aliphatic carbocycles. The third-order valence-electron chi connectivity index (χ3n) is 6.11. The van der Waals surface area contributed by atoms with E-state index in [0.717, 1.165) is 11.1 Å². The lowest BCUT2D eigenvalue weighted by atomic mass is 10.0. The van der Waals surface area contributed by atoms with Crippen molar-refractivity contribution in [2.24, 2.45) is 0 Å². The third kappa shape index (κ3) is 3.45. The van der Waals surface area contributed by atoms with Crippen molar-refractivity contribution < 1.29 is 18.8 Å². The van der Waals surface area contributed by atoms with Gasteiger partial charge in [0.25, 0.3) is 5.91 Å². The van der Waals surface area contributed by atoms with Crippen LogP contribution >= 0.6 is 11.8 Å². The summed E-state index contributed by atoms with van der Waals surface area (Å²) in [6.45, 7) is 3.69. The topological polar surface area (TPSA) is 69.7 Å². The summed E-state index contributed by atoms with van der Waals surface area (Å²) < 4.78 is 13.6. The van der Waals surface area contributed by atoms with Crippen molar-refractivity contribution in [1.29, 1.82) is 0 Å². The van der Waals surface area contributed by atoms with E-state index in [1.165, 1.54) is 45.8 Å². The highest BCUT2D eigenvalue weighted by Crippen LogP contribution is 2.55. The van der Waals surface area contributed by atoms with E-state index in [-0.39, 0.29) is 30.0 Å². The van der Waals surface area contributed by atoms with Crippen LogP contribution in [0.5, 0.6) is 0 Å². The summed E-state index contributed by atoms with van der Waals surface area (Å²) >= 11 is 1.22. The molecule has 1 saturated heterocycles. The minimum atomic E-state index is -1.34. The summed E-state index contributed by atoms with van der Waals surface area (Å²) in [7, 11) is 0. The first-order valence-electron chi connectivity index (χ1n) is 10.8. The summed E-state index contributed by atoms with van der Waals surface area (Å²) in [5.41, 5.74) is 4.35. The van der Waals surface area contributed by atoms with Crippen LogP contribution in [0.2, 0.25) is 0 Å². The summed E-state index contributed by atoms with van der Waals surface area (Å²) in [5.74, 6) is -1.29. The molecule has 2 heterocycles. The highest BCUT2D eigenvalue weighted by Gasteiger charge is 2.61. The van der Waals surface area contributed by atoms with Crippen LogP contribution in [0.4, 0.5) is 21.5 Å². The molecule has 3 aromatic rings. The highest BCUT2D eigenvalue weighted by atomic mass is 32.2. The number of benzene rings is 3. The molecule has 172 valence electrons. The number of halogens is 1. The predicted molar refractivity (Wildman–Crippen MR) is 131 cm³/mol. The largest absolute Gasteiger partial charge is 0.324 e. The number of thioether (sulfide) groups is 1. The molecular weight excluding hydrogens is 453 g/mol. The average Bonchev–Trinajstić information content (AvgIpc) is 3.27. The fourth-order valence-corrected chi connectivity index (χ4v) is 5.95. The lowest BCUT2D eigenvalue weighted by Gasteiger charge is -2.33. The average molecular weight is 476 g/mol. The van der Waals surface area contributed by atoms with Gasteiger partial charge >= 0.3 is 0 Å². The molecule has 1 N–H and O–H groups in total. The number of hydrogen-bond donors (Lipinski definition) is 1. The molecule has 0 unspecified atom stereocenters. The fraction of sp³-hybridized carbons (Fsp3) is 0.192. The maximum Gasteiger partial charge on any atom is 0.269 e. The molecule has 2 aliphatic rings. The number of anilines is 3. The first-order valence-corrected chi connectivity index (χ1v) is 11.8. The number of hydrogen-bond acceptors (Lipinski definition) is 4. The van der Waals surface area contributed by atoms with Gasteiger partial charge in [0.1, 0.15) is 12.4 Å². The van der Waals surface area contributed by atoms with Gasteiger partial charge in [-0.3, -0.25) is 24.2 Å². The van der Waals surface area contributed by atoms with Crippen LogP contribution in [0.25, 0.3) is 0 Å². The monoisotopic (exact) mass is 475 g/mol. The molecule has 0 radical (unpaired) electrons. The maximum absolute atomic E-state index is 13.9. The first kappa shape index (κ1) is 22.2. The Labute approximate surface area is 200 Å². The van der Waals surface area contributed by atoms with Crippen molar-refractivity contribution in [3.63, 3.8) is 0 Å². The smallest absolute Gasteiger partial charge is 0.269 e. The molecule has 8 heteroatoms. The lowest BCUT2D eigenvalue weighted by Crippen LogP contribution is -2.50. The molecule has 1 atom stereocenters. The maximum atomic E-state index is 13.9. The molecule has 0 saturated carbocycles. The SMILES string of the molecule is Cc1ccc(NC(=O)CN2C(=O)[C@]3(SCC(=O)N3c3ccc(F)cc3)c3ccccc32)c(C)c1.